The summed E-state index contributed by atoms with van der Waals surface area (Å²) in [6, 6.07) is 9.90. The van der Waals surface area contributed by atoms with Crippen LogP contribution in [-0.2, 0) is 7.05 Å². The van der Waals surface area contributed by atoms with Crippen LogP contribution in [0.15, 0.2) is 60.3 Å². The van der Waals surface area contributed by atoms with Gasteiger partial charge in [0.15, 0.2) is 5.16 Å². The maximum absolute atomic E-state index is 12.5. The Labute approximate surface area is 174 Å². The first kappa shape index (κ1) is 19.4. The molecule has 4 rings (SSSR count). The zero-order chi connectivity index (χ0) is 20.1. The number of para-hydroxylation sites is 1. The Morgan fingerprint density at radius 3 is 2.45 bits per heavy atom. The molecule has 0 bridgehead atoms. The number of nitrogens with zero attached hydrogens (tertiary/aromatic N) is 4. The normalized spacial score (nSPS) is 18.9. The summed E-state index contributed by atoms with van der Waals surface area (Å²) in [5, 5.41) is 7.85. The number of anilines is 2. The minimum atomic E-state index is -0.114. The molecule has 0 unspecified atom stereocenters. The van der Waals surface area contributed by atoms with Gasteiger partial charge in [-0.25, -0.2) is 15.0 Å². The van der Waals surface area contributed by atoms with Crippen molar-refractivity contribution in [3.63, 3.8) is 0 Å². The summed E-state index contributed by atoms with van der Waals surface area (Å²) in [4.78, 5) is 25.4. The molecule has 0 spiro atoms. The molecule has 1 amide bonds. The highest BCUT2D eigenvalue weighted by molar-refractivity contribution is 7.99. The fourth-order valence-corrected chi connectivity index (χ4v) is 4.52. The molecular weight excluding hydrogens is 384 g/mol. The molecule has 150 valence electrons. The van der Waals surface area contributed by atoms with Gasteiger partial charge in [0.25, 0.3) is 5.91 Å². The van der Waals surface area contributed by atoms with Gasteiger partial charge in [-0.2, -0.15) is 0 Å². The van der Waals surface area contributed by atoms with E-state index in [0.717, 1.165) is 36.5 Å². The van der Waals surface area contributed by atoms with Crippen LogP contribution in [0.5, 0.6) is 0 Å². The average molecular weight is 409 g/mol. The van der Waals surface area contributed by atoms with E-state index in [2.05, 4.69) is 30.2 Å². The monoisotopic (exact) mass is 408 g/mol. The van der Waals surface area contributed by atoms with Crippen LogP contribution in [0.2, 0.25) is 0 Å². The lowest BCUT2D eigenvalue weighted by Gasteiger charge is -2.28. The number of carbonyl (C=O) groups excluding carboxylic acids is 1. The Hall–Kier alpha value is -2.87. The van der Waals surface area contributed by atoms with Crippen LogP contribution in [0.1, 0.15) is 36.0 Å². The lowest BCUT2D eigenvalue weighted by molar-refractivity contribution is 0.0927. The molecule has 0 aliphatic heterocycles. The quantitative estimate of drug-likeness (QED) is 0.646. The molecule has 2 N–H and O–H groups in total. The number of hydrogen-bond acceptors (Lipinski definition) is 6. The van der Waals surface area contributed by atoms with Gasteiger partial charge in [0.1, 0.15) is 0 Å². The fraction of sp³-hybridized carbons (Fsp3) is 0.333. The van der Waals surface area contributed by atoms with E-state index >= 15 is 0 Å². The van der Waals surface area contributed by atoms with Crippen LogP contribution in [0.3, 0.4) is 0 Å². The van der Waals surface area contributed by atoms with Gasteiger partial charge in [-0.15, -0.1) is 0 Å². The molecule has 29 heavy (non-hydrogen) atoms. The van der Waals surface area contributed by atoms with Gasteiger partial charge in [-0.3, -0.25) is 4.79 Å². The van der Waals surface area contributed by atoms with Gasteiger partial charge in [0.05, 0.1) is 5.56 Å². The first-order valence-corrected chi connectivity index (χ1v) is 10.6. The molecule has 1 aliphatic rings. The van der Waals surface area contributed by atoms with Crippen molar-refractivity contribution in [2.24, 2.45) is 7.05 Å². The van der Waals surface area contributed by atoms with Gasteiger partial charge in [-0.05, 0) is 37.8 Å². The molecule has 1 aliphatic carbocycles. The number of carbonyl (C=O) groups is 1. The maximum atomic E-state index is 12.5. The molecule has 0 radical (unpaired) electrons. The fourth-order valence-electron chi connectivity index (χ4n) is 3.37. The van der Waals surface area contributed by atoms with Crippen molar-refractivity contribution in [1.29, 1.82) is 0 Å². The summed E-state index contributed by atoms with van der Waals surface area (Å²) in [7, 11) is 2.02. The van der Waals surface area contributed by atoms with E-state index in [-0.39, 0.29) is 11.9 Å². The Bertz CT molecular complexity index is 935. The smallest absolute Gasteiger partial charge is 0.254 e. The summed E-state index contributed by atoms with van der Waals surface area (Å²) in [6.07, 6.45) is 11.0. The summed E-state index contributed by atoms with van der Waals surface area (Å²) in [5.41, 5.74) is 1.39. The third-order valence-corrected chi connectivity index (χ3v) is 6.41. The van der Waals surface area contributed by atoms with Crippen molar-refractivity contribution in [3.8, 4) is 0 Å². The maximum Gasteiger partial charge on any atom is 0.254 e. The van der Waals surface area contributed by atoms with Crippen molar-refractivity contribution in [3.05, 3.63) is 60.7 Å². The van der Waals surface area contributed by atoms with Crippen molar-refractivity contribution in [2.75, 3.05) is 5.32 Å². The second kappa shape index (κ2) is 9.09. The van der Waals surface area contributed by atoms with Gasteiger partial charge < -0.3 is 15.2 Å². The van der Waals surface area contributed by atoms with Gasteiger partial charge in [0, 0.05) is 48.8 Å². The van der Waals surface area contributed by atoms with Crippen molar-refractivity contribution in [2.45, 2.75) is 42.1 Å². The molecule has 8 heteroatoms. The number of benzene rings is 1. The van der Waals surface area contributed by atoms with Crippen molar-refractivity contribution in [1.82, 2.24) is 24.8 Å². The van der Waals surface area contributed by atoms with Crippen molar-refractivity contribution < 1.29 is 4.79 Å². The van der Waals surface area contributed by atoms with Crippen LogP contribution in [0, 0.1) is 0 Å². The second-order valence-electron chi connectivity index (χ2n) is 7.17. The molecule has 2 aromatic heterocycles. The molecule has 1 aromatic carbocycles. The SMILES string of the molecule is Cn1ccnc1SC1CCC(NC(=O)c2cnc(Nc3ccccc3)nc2)CC1. The Kier molecular flexibility index (Phi) is 6.09. The zero-order valence-electron chi connectivity index (χ0n) is 16.3. The molecule has 0 atom stereocenters. The van der Waals surface area contributed by atoms with E-state index in [1.807, 2.05) is 61.5 Å². The molecule has 0 saturated heterocycles. The summed E-state index contributed by atoms with van der Waals surface area (Å²) in [6.45, 7) is 0. The number of nitrogens with one attached hydrogen (secondary N) is 2. The summed E-state index contributed by atoms with van der Waals surface area (Å²) >= 11 is 1.83. The Balaban J connectivity index is 1.26. The number of aryl methyl sites for hydroxylation is 1. The molecule has 1 fully saturated rings. The lowest BCUT2D eigenvalue weighted by Crippen LogP contribution is -2.38. The minimum Gasteiger partial charge on any atom is -0.349 e. The third kappa shape index (κ3) is 5.14. The largest absolute Gasteiger partial charge is 0.349 e. The summed E-state index contributed by atoms with van der Waals surface area (Å²) < 4.78 is 2.05. The highest BCUT2D eigenvalue weighted by atomic mass is 32.2. The number of aromatic nitrogens is 4. The second-order valence-corrected chi connectivity index (χ2v) is 8.44. The van der Waals surface area contributed by atoms with E-state index in [9.17, 15) is 4.79 Å². The molecule has 7 nitrogen and oxygen atoms in total. The lowest BCUT2D eigenvalue weighted by atomic mass is 9.95. The molecular formula is C21H24N6OS. The standard InChI is InChI=1S/C21H24N6OS/c1-27-12-11-22-21(27)29-18-9-7-17(8-10-18)25-19(28)15-13-23-20(24-14-15)26-16-5-3-2-4-6-16/h2-6,11-14,17-18H,7-10H2,1H3,(H,25,28)(H,23,24,26). The van der Waals surface area contributed by atoms with Gasteiger partial charge in [-0.1, -0.05) is 30.0 Å². The molecule has 3 aromatic rings. The number of amides is 1. The topological polar surface area (TPSA) is 84.7 Å². The molecule has 2 heterocycles. The van der Waals surface area contributed by atoms with Crippen LogP contribution in [-0.4, -0.2) is 36.7 Å². The highest BCUT2D eigenvalue weighted by Gasteiger charge is 2.24. The third-order valence-electron chi connectivity index (χ3n) is 5.00. The van der Waals surface area contributed by atoms with Crippen LogP contribution >= 0.6 is 11.8 Å². The molecule has 1 saturated carbocycles. The predicted molar refractivity (Wildman–Crippen MR) is 114 cm³/mol. The first-order valence-electron chi connectivity index (χ1n) is 9.76. The number of hydrogen-bond donors (Lipinski definition) is 2. The Morgan fingerprint density at radius 1 is 1.07 bits per heavy atom. The summed E-state index contributed by atoms with van der Waals surface area (Å²) in [5.74, 6) is 0.357. The van der Waals surface area contributed by atoms with E-state index in [1.54, 1.807) is 12.4 Å². The Morgan fingerprint density at radius 2 is 1.79 bits per heavy atom. The van der Waals surface area contributed by atoms with Gasteiger partial charge >= 0.3 is 0 Å². The van der Waals surface area contributed by atoms with Crippen LogP contribution in [0.25, 0.3) is 0 Å². The van der Waals surface area contributed by atoms with Gasteiger partial charge in [0.2, 0.25) is 5.95 Å². The minimum absolute atomic E-state index is 0.114. The average Bonchev–Trinajstić information content (AvgIpc) is 3.15. The predicted octanol–water partition coefficient (Wildman–Crippen LogP) is 3.79. The number of imidazole rings is 1. The zero-order valence-corrected chi connectivity index (χ0v) is 17.1. The number of rotatable bonds is 6. The van der Waals surface area contributed by atoms with E-state index in [0.29, 0.717) is 16.8 Å². The number of thioether (sulfide) groups is 1. The van der Waals surface area contributed by atoms with Crippen LogP contribution in [0.4, 0.5) is 11.6 Å². The van der Waals surface area contributed by atoms with Crippen molar-refractivity contribution >= 4 is 29.3 Å². The van der Waals surface area contributed by atoms with Crippen LogP contribution < -0.4 is 10.6 Å². The first-order chi connectivity index (χ1) is 14.2. The highest BCUT2D eigenvalue weighted by Crippen LogP contribution is 2.32. The van der Waals surface area contributed by atoms with E-state index < -0.39 is 0 Å². The van der Waals surface area contributed by atoms with E-state index in [1.165, 1.54) is 0 Å². The van der Waals surface area contributed by atoms with E-state index in [4.69, 9.17) is 0 Å².